The number of hydrogen-bond donors (Lipinski definition) is 0. The molecule has 0 bridgehead atoms. The van der Waals surface area contributed by atoms with Gasteiger partial charge in [0.25, 0.3) is 0 Å². The van der Waals surface area contributed by atoms with Gasteiger partial charge in [0.2, 0.25) is 0 Å². The Balaban J connectivity index is 3.12. The maximum Gasteiger partial charge on any atom is 0.0412 e. The van der Waals surface area contributed by atoms with E-state index < -0.39 is 10.8 Å². The predicted octanol–water partition coefficient (Wildman–Crippen LogP) is 1.93. The molecule has 0 radical (unpaired) electrons. The van der Waals surface area contributed by atoms with E-state index >= 15 is 0 Å². The molecule has 1 atom stereocenters. The Labute approximate surface area is 72.9 Å². The molecular formula is C6H12OS3. The number of hydrogen-bond acceptors (Lipinski definition) is 3. The molecule has 0 aliphatic carbocycles. The van der Waals surface area contributed by atoms with Crippen molar-refractivity contribution < 1.29 is 4.21 Å². The highest BCUT2D eigenvalue weighted by Crippen LogP contribution is 2.15. The van der Waals surface area contributed by atoms with Crippen LogP contribution in [-0.2, 0) is 10.8 Å². The summed E-state index contributed by atoms with van der Waals surface area (Å²) in [6.07, 6.45) is 7.80. The van der Waals surface area contributed by atoms with Crippen LogP contribution in [0.4, 0.5) is 0 Å². The molecule has 0 aliphatic rings. The van der Waals surface area contributed by atoms with Gasteiger partial charge in [-0.3, -0.25) is 4.21 Å². The average Bonchev–Trinajstić information content (AvgIpc) is 1.87. The Bertz CT molecular complexity index is 122. The maximum atomic E-state index is 10.5. The standard InChI is InChI=1S/C6H12OS3/c1-8-9-5-3-4-6-10(2)7/h3-4H,5-6H2,1-2H3/b4-3+. The van der Waals surface area contributed by atoms with Crippen LogP contribution >= 0.6 is 21.6 Å². The van der Waals surface area contributed by atoms with Crippen molar-refractivity contribution in [1.82, 2.24) is 0 Å². The van der Waals surface area contributed by atoms with E-state index in [0.29, 0.717) is 5.75 Å². The van der Waals surface area contributed by atoms with E-state index in [1.165, 1.54) is 0 Å². The second kappa shape index (κ2) is 7.69. The van der Waals surface area contributed by atoms with E-state index in [1.807, 2.05) is 6.08 Å². The van der Waals surface area contributed by atoms with Gasteiger partial charge in [-0.25, -0.2) is 0 Å². The predicted molar refractivity (Wildman–Crippen MR) is 54.0 cm³/mol. The first-order chi connectivity index (χ1) is 4.77. The van der Waals surface area contributed by atoms with Crippen LogP contribution in [0.15, 0.2) is 12.2 Å². The Hall–Kier alpha value is 0.590. The molecule has 0 spiro atoms. The SMILES string of the molecule is CSSC/C=C/CS(C)=O. The van der Waals surface area contributed by atoms with E-state index in [0.717, 1.165) is 5.75 Å². The van der Waals surface area contributed by atoms with E-state index in [1.54, 1.807) is 27.8 Å². The molecule has 0 aromatic rings. The molecule has 10 heavy (non-hydrogen) atoms. The summed E-state index contributed by atoms with van der Waals surface area (Å²) in [4.78, 5) is 0. The molecular weight excluding hydrogens is 184 g/mol. The fourth-order valence-corrected chi connectivity index (χ4v) is 1.78. The summed E-state index contributed by atoms with van der Waals surface area (Å²) in [7, 11) is 2.87. The smallest absolute Gasteiger partial charge is 0.0412 e. The fourth-order valence-electron chi connectivity index (χ4n) is 0.379. The molecule has 0 amide bonds. The van der Waals surface area contributed by atoms with Gasteiger partial charge < -0.3 is 0 Å². The van der Waals surface area contributed by atoms with Crippen LogP contribution in [0, 0.1) is 0 Å². The van der Waals surface area contributed by atoms with Gasteiger partial charge in [-0.1, -0.05) is 33.7 Å². The molecule has 0 aromatic heterocycles. The van der Waals surface area contributed by atoms with Crippen LogP contribution in [0.2, 0.25) is 0 Å². The van der Waals surface area contributed by atoms with Gasteiger partial charge in [-0.2, -0.15) is 0 Å². The van der Waals surface area contributed by atoms with Gasteiger partial charge in [0.15, 0.2) is 0 Å². The topological polar surface area (TPSA) is 17.1 Å². The Morgan fingerprint density at radius 3 is 2.70 bits per heavy atom. The number of rotatable bonds is 5. The minimum Gasteiger partial charge on any atom is -0.260 e. The molecule has 1 nitrogen and oxygen atoms in total. The minimum absolute atomic E-state index is 0.674. The van der Waals surface area contributed by atoms with Crippen molar-refractivity contribution in [1.29, 1.82) is 0 Å². The van der Waals surface area contributed by atoms with Gasteiger partial charge in [-0.15, -0.1) is 0 Å². The lowest BCUT2D eigenvalue weighted by Crippen LogP contribution is -1.88. The monoisotopic (exact) mass is 196 g/mol. The van der Waals surface area contributed by atoms with Crippen molar-refractivity contribution in [3.05, 3.63) is 12.2 Å². The van der Waals surface area contributed by atoms with Gasteiger partial charge in [0, 0.05) is 28.6 Å². The first-order valence-corrected chi connectivity index (χ1v) is 7.33. The zero-order valence-corrected chi connectivity index (χ0v) is 8.65. The Morgan fingerprint density at radius 2 is 2.20 bits per heavy atom. The first kappa shape index (κ1) is 10.6. The highest BCUT2D eigenvalue weighted by atomic mass is 33.1. The molecule has 60 valence electrons. The van der Waals surface area contributed by atoms with Crippen LogP contribution in [0.3, 0.4) is 0 Å². The zero-order valence-electron chi connectivity index (χ0n) is 6.20. The third-order valence-corrected chi connectivity index (χ3v) is 3.12. The van der Waals surface area contributed by atoms with Crippen molar-refractivity contribution in [2.45, 2.75) is 0 Å². The van der Waals surface area contributed by atoms with Crippen LogP contribution in [-0.4, -0.2) is 28.2 Å². The van der Waals surface area contributed by atoms with Gasteiger partial charge in [0.1, 0.15) is 0 Å². The first-order valence-electron chi connectivity index (χ1n) is 2.88. The highest BCUT2D eigenvalue weighted by molar-refractivity contribution is 8.76. The maximum absolute atomic E-state index is 10.5. The third-order valence-electron chi connectivity index (χ3n) is 0.780. The summed E-state index contributed by atoms with van der Waals surface area (Å²) in [5.74, 6) is 1.70. The van der Waals surface area contributed by atoms with Crippen molar-refractivity contribution in [3.63, 3.8) is 0 Å². The average molecular weight is 196 g/mol. The molecule has 0 rings (SSSR count). The lowest BCUT2D eigenvalue weighted by molar-refractivity contribution is 0.688. The minimum atomic E-state index is -0.674. The summed E-state index contributed by atoms with van der Waals surface area (Å²) < 4.78 is 10.5. The molecule has 0 saturated carbocycles. The second-order valence-corrected chi connectivity index (χ2v) is 5.75. The van der Waals surface area contributed by atoms with Crippen LogP contribution < -0.4 is 0 Å². The Kier molecular flexibility index (Phi) is 8.15. The highest BCUT2D eigenvalue weighted by Gasteiger charge is 1.82. The molecule has 0 N–H and O–H groups in total. The molecule has 0 saturated heterocycles. The van der Waals surface area contributed by atoms with Gasteiger partial charge >= 0.3 is 0 Å². The van der Waals surface area contributed by atoms with Crippen LogP contribution in [0.5, 0.6) is 0 Å². The molecule has 1 unspecified atom stereocenters. The zero-order chi connectivity index (χ0) is 7.82. The van der Waals surface area contributed by atoms with E-state index in [2.05, 4.69) is 12.3 Å². The van der Waals surface area contributed by atoms with E-state index in [9.17, 15) is 4.21 Å². The van der Waals surface area contributed by atoms with Crippen molar-refractivity contribution in [2.24, 2.45) is 0 Å². The lowest BCUT2D eigenvalue weighted by Gasteiger charge is -1.87. The quantitative estimate of drug-likeness (QED) is 0.380. The lowest BCUT2D eigenvalue weighted by atomic mass is 10.6. The summed E-state index contributed by atoms with van der Waals surface area (Å²) in [6.45, 7) is 0. The van der Waals surface area contributed by atoms with Crippen LogP contribution in [0.1, 0.15) is 0 Å². The second-order valence-electron chi connectivity index (χ2n) is 1.66. The molecule has 0 aromatic carbocycles. The summed E-state index contributed by atoms with van der Waals surface area (Å²) in [5, 5.41) is 0. The molecule has 0 fully saturated rings. The molecule has 0 aliphatic heterocycles. The van der Waals surface area contributed by atoms with Gasteiger partial charge in [-0.05, 0) is 6.26 Å². The van der Waals surface area contributed by atoms with Crippen molar-refractivity contribution in [3.8, 4) is 0 Å². The third kappa shape index (κ3) is 8.59. The summed E-state index contributed by atoms with van der Waals surface area (Å²) in [5.41, 5.74) is 0. The van der Waals surface area contributed by atoms with E-state index in [-0.39, 0.29) is 0 Å². The van der Waals surface area contributed by atoms with Gasteiger partial charge in [0.05, 0.1) is 0 Å². The molecule has 4 heteroatoms. The fraction of sp³-hybridized carbons (Fsp3) is 0.667. The van der Waals surface area contributed by atoms with Crippen LogP contribution in [0.25, 0.3) is 0 Å². The summed E-state index contributed by atoms with van der Waals surface area (Å²) >= 11 is 0. The van der Waals surface area contributed by atoms with E-state index in [4.69, 9.17) is 0 Å². The molecule has 0 heterocycles. The van der Waals surface area contributed by atoms with Crippen molar-refractivity contribution in [2.75, 3.05) is 24.0 Å². The normalized spacial score (nSPS) is 14.2. The largest absolute Gasteiger partial charge is 0.260 e. The van der Waals surface area contributed by atoms with Crippen molar-refractivity contribution >= 4 is 32.4 Å². The summed E-state index contributed by atoms with van der Waals surface area (Å²) in [6, 6.07) is 0. The Morgan fingerprint density at radius 1 is 1.50 bits per heavy atom.